The molecule has 2 aromatic rings. The van der Waals surface area contributed by atoms with Crippen molar-refractivity contribution in [3.8, 4) is 0 Å². The highest BCUT2D eigenvalue weighted by Gasteiger charge is 2.22. The van der Waals surface area contributed by atoms with Gasteiger partial charge in [-0.05, 0) is 18.9 Å². The lowest BCUT2D eigenvalue weighted by Gasteiger charge is -2.34. The van der Waals surface area contributed by atoms with Crippen LogP contribution in [0.5, 0.6) is 0 Å². The molecule has 0 bridgehead atoms. The summed E-state index contributed by atoms with van der Waals surface area (Å²) in [5.41, 5.74) is 6.64. The number of hydrogen-bond acceptors (Lipinski definition) is 8. The van der Waals surface area contributed by atoms with E-state index in [0.717, 1.165) is 75.4 Å². The maximum atomic E-state index is 5.90. The Bertz CT molecular complexity index is 735. The number of nitrogens with two attached hydrogens (primary N) is 1. The first-order chi connectivity index (χ1) is 12.8. The summed E-state index contributed by atoms with van der Waals surface area (Å²) < 4.78 is 5.41. The first-order valence-electron chi connectivity index (χ1n) is 9.16. The highest BCUT2D eigenvalue weighted by atomic mass is 16.5. The molecule has 0 amide bonds. The van der Waals surface area contributed by atoms with Crippen LogP contribution >= 0.6 is 0 Å². The van der Waals surface area contributed by atoms with E-state index >= 15 is 0 Å². The number of rotatable bonds is 4. The molecule has 0 saturated carbocycles. The van der Waals surface area contributed by atoms with E-state index in [1.807, 2.05) is 18.2 Å². The second kappa shape index (κ2) is 7.74. The van der Waals surface area contributed by atoms with Crippen LogP contribution in [-0.4, -0.2) is 60.4 Å². The molecule has 0 unspecified atom stereocenters. The smallest absolute Gasteiger partial charge is 0.134 e. The van der Waals surface area contributed by atoms with Gasteiger partial charge in [-0.15, -0.1) is 0 Å². The fraction of sp³-hybridized carbons (Fsp3) is 0.500. The van der Waals surface area contributed by atoms with Crippen molar-refractivity contribution in [1.82, 2.24) is 15.0 Å². The predicted octanol–water partition coefficient (Wildman–Crippen LogP) is 1.37. The van der Waals surface area contributed by atoms with E-state index in [2.05, 4.69) is 30.1 Å². The number of pyridine rings is 1. The number of aromatic nitrogens is 3. The van der Waals surface area contributed by atoms with Crippen LogP contribution in [0, 0.1) is 0 Å². The van der Waals surface area contributed by atoms with Crippen LogP contribution in [0.1, 0.15) is 12.8 Å². The zero-order valence-electron chi connectivity index (χ0n) is 14.8. The number of ether oxygens (including phenoxy) is 1. The van der Waals surface area contributed by atoms with Crippen LogP contribution in [0.2, 0.25) is 0 Å². The summed E-state index contributed by atoms with van der Waals surface area (Å²) in [7, 11) is 0. The normalized spacial score (nSPS) is 20.8. The van der Waals surface area contributed by atoms with Crippen molar-refractivity contribution in [3.05, 3.63) is 30.7 Å². The van der Waals surface area contributed by atoms with Crippen LogP contribution in [0.4, 0.5) is 23.1 Å². The molecule has 0 aliphatic carbocycles. The molecule has 0 aromatic carbocycles. The fourth-order valence-electron chi connectivity index (χ4n) is 3.51. The molecule has 4 rings (SSSR count). The van der Waals surface area contributed by atoms with Crippen LogP contribution in [0.3, 0.4) is 0 Å². The number of nitrogens with one attached hydrogen (secondary N) is 1. The first kappa shape index (κ1) is 16.8. The van der Waals surface area contributed by atoms with Crippen LogP contribution in [0.25, 0.3) is 0 Å². The molecule has 3 N–H and O–H groups in total. The van der Waals surface area contributed by atoms with Crippen molar-refractivity contribution in [2.75, 3.05) is 60.2 Å². The molecule has 2 aliphatic heterocycles. The van der Waals surface area contributed by atoms with E-state index in [1.54, 1.807) is 12.5 Å². The maximum absolute atomic E-state index is 5.90. The Morgan fingerprint density at radius 2 is 1.88 bits per heavy atom. The topological polar surface area (TPSA) is 92.4 Å². The van der Waals surface area contributed by atoms with E-state index in [9.17, 15) is 0 Å². The second-order valence-electron chi connectivity index (χ2n) is 6.74. The lowest BCUT2D eigenvalue weighted by molar-refractivity contribution is 0.122. The standard InChI is InChI=1S/C18H25N7O/c19-14-3-4-20-17(10-14)25-5-1-2-15(12-25)23-16-11-18(22-13-21-16)24-6-8-26-9-7-24/h3-4,10-11,13,15H,1-2,5-9,12H2,(H2,19,20)(H,21,22,23)/t15-/m1/s1. The van der Waals surface area contributed by atoms with E-state index in [4.69, 9.17) is 10.5 Å². The summed E-state index contributed by atoms with van der Waals surface area (Å²) in [5, 5.41) is 3.56. The molecular formula is C18H25N7O. The summed E-state index contributed by atoms with van der Waals surface area (Å²) in [6.07, 6.45) is 5.61. The lowest BCUT2D eigenvalue weighted by Crippen LogP contribution is -2.42. The average Bonchev–Trinajstić information content (AvgIpc) is 2.69. The Labute approximate surface area is 153 Å². The summed E-state index contributed by atoms with van der Waals surface area (Å²) in [4.78, 5) is 17.8. The average molecular weight is 355 g/mol. The van der Waals surface area contributed by atoms with Gasteiger partial charge in [0.05, 0.1) is 13.2 Å². The van der Waals surface area contributed by atoms with Crippen molar-refractivity contribution < 1.29 is 4.74 Å². The fourth-order valence-corrected chi connectivity index (χ4v) is 3.51. The molecule has 1 atom stereocenters. The van der Waals surface area contributed by atoms with Gasteiger partial charge in [-0.2, -0.15) is 0 Å². The van der Waals surface area contributed by atoms with E-state index in [0.29, 0.717) is 6.04 Å². The molecule has 0 spiro atoms. The molecular weight excluding hydrogens is 330 g/mol. The summed E-state index contributed by atoms with van der Waals surface area (Å²) in [5.74, 6) is 2.76. The first-order valence-corrected chi connectivity index (χ1v) is 9.16. The Balaban J connectivity index is 1.42. The minimum absolute atomic E-state index is 0.319. The summed E-state index contributed by atoms with van der Waals surface area (Å²) in [6.45, 7) is 5.11. The minimum Gasteiger partial charge on any atom is -0.399 e. The van der Waals surface area contributed by atoms with Gasteiger partial charge in [0, 0.05) is 56.2 Å². The van der Waals surface area contributed by atoms with Gasteiger partial charge in [-0.1, -0.05) is 0 Å². The van der Waals surface area contributed by atoms with Crippen molar-refractivity contribution in [1.29, 1.82) is 0 Å². The van der Waals surface area contributed by atoms with Crippen molar-refractivity contribution in [3.63, 3.8) is 0 Å². The Hall–Kier alpha value is -2.61. The second-order valence-corrected chi connectivity index (χ2v) is 6.74. The maximum Gasteiger partial charge on any atom is 0.134 e. The number of anilines is 4. The Morgan fingerprint density at radius 3 is 2.73 bits per heavy atom. The minimum atomic E-state index is 0.319. The van der Waals surface area contributed by atoms with E-state index in [-0.39, 0.29) is 0 Å². The van der Waals surface area contributed by atoms with Gasteiger partial charge >= 0.3 is 0 Å². The molecule has 8 heteroatoms. The third-order valence-corrected chi connectivity index (χ3v) is 4.85. The number of nitrogen functional groups attached to an aromatic ring is 1. The number of piperidine rings is 1. The lowest BCUT2D eigenvalue weighted by atomic mass is 10.1. The SMILES string of the molecule is Nc1ccnc(N2CCC[C@@H](Nc3cc(N4CCOCC4)ncn3)C2)c1. The van der Waals surface area contributed by atoms with Gasteiger partial charge in [0.1, 0.15) is 23.8 Å². The van der Waals surface area contributed by atoms with Gasteiger partial charge in [0.15, 0.2) is 0 Å². The van der Waals surface area contributed by atoms with E-state index < -0.39 is 0 Å². The van der Waals surface area contributed by atoms with Crippen LogP contribution in [0.15, 0.2) is 30.7 Å². The molecule has 2 aromatic heterocycles. The molecule has 2 saturated heterocycles. The third kappa shape index (κ3) is 3.96. The van der Waals surface area contributed by atoms with Crippen LogP contribution in [-0.2, 0) is 4.74 Å². The molecule has 26 heavy (non-hydrogen) atoms. The van der Waals surface area contributed by atoms with Gasteiger partial charge < -0.3 is 25.6 Å². The Kier molecular flexibility index (Phi) is 5.01. The third-order valence-electron chi connectivity index (χ3n) is 4.85. The largest absolute Gasteiger partial charge is 0.399 e. The van der Waals surface area contributed by atoms with Crippen LogP contribution < -0.4 is 20.9 Å². The van der Waals surface area contributed by atoms with E-state index in [1.165, 1.54) is 0 Å². The predicted molar refractivity (Wildman–Crippen MR) is 103 cm³/mol. The molecule has 0 radical (unpaired) electrons. The molecule has 8 nitrogen and oxygen atoms in total. The highest BCUT2D eigenvalue weighted by Crippen LogP contribution is 2.22. The van der Waals surface area contributed by atoms with Gasteiger partial charge in [0.2, 0.25) is 0 Å². The number of nitrogens with zero attached hydrogens (tertiary/aromatic N) is 5. The highest BCUT2D eigenvalue weighted by molar-refractivity contribution is 5.52. The monoisotopic (exact) mass is 355 g/mol. The molecule has 2 fully saturated rings. The zero-order chi connectivity index (χ0) is 17.8. The Morgan fingerprint density at radius 1 is 1.04 bits per heavy atom. The number of morpholine rings is 1. The molecule has 138 valence electrons. The quantitative estimate of drug-likeness (QED) is 0.850. The molecule has 2 aliphatic rings. The van der Waals surface area contributed by atoms with Crippen molar-refractivity contribution in [2.45, 2.75) is 18.9 Å². The molecule has 4 heterocycles. The summed E-state index contributed by atoms with van der Waals surface area (Å²) >= 11 is 0. The zero-order valence-corrected chi connectivity index (χ0v) is 14.8. The van der Waals surface area contributed by atoms with Gasteiger partial charge in [-0.3, -0.25) is 0 Å². The van der Waals surface area contributed by atoms with Crippen molar-refractivity contribution >= 4 is 23.1 Å². The van der Waals surface area contributed by atoms with Gasteiger partial charge in [0.25, 0.3) is 0 Å². The number of hydrogen-bond donors (Lipinski definition) is 2. The van der Waals surface area contributed by atoms with Crippen molar-refractivity contribution in [2.24, 2.45) is 0 Å². The summed E-state index contributed by atoms with van der Waals surface area (Å²) in [6, 6.07) is 6.10. The van der Waals surface area contributed by atoms with Gasteiger partial charge in [-0.25, -0.2) is 15.0 Å².